The number of nitrogens with zero attached hydrogens (tertiary/aromatic N) is 2. The zero-order valence-electron chi connectivity index (χ0n) is 6.14. The monoisotopic (exact) mass is 162 g/mol. The maximum atomic E-state index is 10.5. The molecule has 0 spiro atoms. The maximum absolute atomic E-state index is 10.5. The standard InChI is InChI=1S/C8H6N2O2/c11-8(12)7-5-10-3-1-2-6(10)4-9-7/h1-5H,(H,11,12). The Balaban J connectivity index is 2.68. The Hall–Kier alpha value is -1.84. The Morgan fingerprint density at radius 3 is 3.17 bits per heavy atom. The van der Waals surface area contributed by atoms with Crippen molar-refractivity contribution in [2.45, 2.75) is 0 Å². The van der Waals surface area contributed by atoms with E-state index in [2.05, 4.69) is 4.98 Å². The van der Waals surface area contributed by atoms with E-state index in [1.54, 1.807) is 10.6 Å². The van der Waals surface area contributed by atoms with Crippen molar-refractivity contribution in [1.82, 2.24) is 9.38 Å². The highest BCUT2D eigenvalue weighted by atomic mass is 16.4. The molecule has 0 saturated heterocycles. The van der Waals surface area contributed by atoms with Crippen molar-refractivity contribution in [3.05, 3.63) is 36.4 Å². The van der Waals surface area contributed by atoms with Crippen LogP contribution in [0, 0.1) is 0 Å². The van der Waals surface area contributed by atoms with Gasteiger partial charge < -0.3 is 9.51 Å². The van der Waals surface area contributed by atoms with Gasteiger partial charge in [0, 0.05) is 12.4 Å². The lowest BCUT2D eigenvalue weighted by Crippen LogP contribution is -2.01. The zero-order chi connectivity index (χ0) is 8.55. The van der Waals surface area contributed by atoms with Crippen LogP contribution in [-0.4, -0.2) is 20.5 Å². The lowest BCUT2D eigenvalue weighted by atomic mass is 10.4. The minimum absolute atomic E-state index is 0.0544. The molecule has 0 aromatic carbocycles. The van der Waals surface area contributed by atoms with E-state index in [0.29, 0.717) is 0 Å². The van der Waals surface area contributed by atoms with E-state index >= 15 is 0 Å². The molecule has 2 rings (SSSR count). The van der Waals surface area contributed by atoms with Crippen LogP contribution in [0.15, 0.2) is 30.7 Å². The van der Waals surface area contributed by atoms with Crippen LogP contribution >= 0.6 is 0 Å². The molecule has 2 aromatic heterocycles. The van der Waals surface area contributed by atoms with Gasteiger partial charge >= 0.3 is 5.97 Å². The first kappa shape index (κ1) is 6.84. The number of carboxylic acid groups (broad SMARTS) is 1. The van der Waals surface area contributed by atoms with Crippen LogP contribution < -0.4 is 0 Å². The summed E-state index contributed by atoms with van der Waals surface area (Å²) in [6, 6.07) is 3.70. The summed E-state index contributed by atoms with van der Waals surface area (Å²) >= 11 is 0. The van der Waals surface area contributed by atoms with Gasteiger partial charge in [-0.2, -0.15) is 0 Å². The van der Waals surface area contributed by atoms with Crippen molar-refractivity contribution in [2.24, 2.45) is 0 Å². The number of carbonyl (C=O) groups is 1. The van der Waals surface area contributed by atoms with E-state index < -0.39 is 5.97 Å². The Bertz CT molecular complexity index is 433. The van der Waals surface area contributed by atoms with Crippen molar-refractivity contribution >= 4 is 11.5 Å². The fraction of sp³-hybridized carbons (Fsp3) is 0. The fourth-order valence-corrected chi connectivity index (χ4v) is 1.04. The van der Waals surface area contributed by atoms with Crippen LogP contribution in [0.1, 0.15) is 10.5 Å². The van der Waals surface area contributed by atoms with Crippen molar-refractivity contribution in [3.8, 4) is 0 Å². The molecular weight excluding hydrogens is 156 g/mol. The Labute approximate surface area is 68.1 Å². The largest absolute Gasteiger partial charge is 0.476 e. The van der Waals surface area contributed by atoms with E-state index in [0.717, 1.165) is 5.52 Å². The summed E-state index contributed by atoms with van der Waals surface area (Å²) in [7, 11) is 0. The van der Waals surface area contributed by atoms with Crippen LogP contribution in [0.2, 0.25) is 0 Å². The van der Waals surface area contributed by atoms with Crippen LogP contribution in [0.5, 0.6) is 0 Å². The molecule has 2 heterocycles. The molecule has 1 N–H and O–H groups in total. The highest BCUT2D eigenvalue weighted by Gasteiger charge is 2.03. The molecule has 0 fully saturated rings. The quantitative estimate of drug-likeness (QED) is 0.681. The Morgan fingerprint density at radius 1 is 1.58 bits per heavy atom. The molecule has 12 heavy (non-hydrogen) atoms. The highest BCUT2D eigenvalue weighted by Crippen LogP contribution is 2.03. The molecule has 0 saturated carbocycles. The summed E-state index contributed by atoms with van der Waals surface area (Å²) in [6.07, 6.45) is 4.80. The second-order valence-electron chi connectivity index (χ2n) is 2.42. The van der Waals surface area contributed by atoms with Crippen molar-refractivity contribution in [2.75, 3.05) is 0 Å². The van der Waals surface area contributed by atoms with Gasteiger partial charge in [-0.05, 0) is 12.1 Å². The summed E-state index contributed by atoms with van der Waals surface area (Å²) in [6.45, 7) is 0. The lowest BCUT2D eigenvalue weighted by Gasteiger charge is -1.95. The average molecular weight is 162 g/mol. The minimum atomic E-state index is -1.01. The molecule has 0 aliphatic heterocycles. The van der Waals surface area contributed by atoms with Crippen molar-refractivity contribution in [3.63, 3.8) is 0 Å². The van der Waals surface area contributed by atoms with Crippen LogP contribution in [0.4, 0.5) is 0 Å². The minimum Gasteiger partial charge on any atom is -0.476 e. The van der Waals surface area contributed by atoms with E-state index in [1.807, 2.05) is 12.1 Å². The molecule has 4 heteroatoms. The first-order valence-electron chi connectivity index (χ1n) is 3.43. The molecule has 0 atom stereocenters. The zero-order valence-corrected chi connectivity index (χ0v) is 6.14. The maximum Gasteiger partial charge on any atom is 0.356 e. The van der Waals surface area contributed by atoms with Gasteiger partial charge in [0.25, 0.3) is 0 Å². The smallest absolute Gasteiger partial charge is 0.356 e. The van der Waals surface area contributed by atoms with Crippen molar-refractivity contribution < 1.29 is 9.90 Å². The number of carboxylic acids is 1. The van der Waals surface area contributed by atoms with Gasteiger partial charge in [0.2, 0.25) is 0 Å². The second kappa shape index (κ2) is 2.34. The fourth-order valence-electron chi connectivity index (χ4n) is 1.04. The second-order valence-corrected chi connectivity index (χ2v) is 2.42. The van der Waals surface area contributed by atoms with Crippen LogP contribution in [0.25, 0.3) is 5.52 Å². The summed E-state index contributed by atoms with van der Waals surface area (Å²) in [5.74, 6) is -1.01. The third-order valence-electron chi connectivity index (χ3n) is 1.63. The van der Waals surface area contributed by atoms with Gasteiger partial charge in [-0.25, -0.2) is 9.78 Å². The number of hydrogen-bond donors (Lipinski definition) is 1. The summed E-state index contributed by atoms with van der Waals surface area (Å²) in [5.41, 5.74) is 0.943. The highest BCUT2D eigenvalue weighted by molar-refractivity contribution is 5.85. The molecule has 0 aliphatic rings. The third kappa shape index (κ3) is 0.934. The van der Waals surface area contributed by atoms with E-state index in [9.17, 15) is 4.79 Å². The number of hydrogen-bond acceptors (Lipinski definition) is 2. The molecule has 2 aromatic rings. The lowest BCUT2D eigenvalue weighted by molar-refractivity contribution is 0.0690. The van der Waals surface area contributed by atoms with Gasteiger partial charge in [0.05, 0.1) is 11.7 Å². The molecule has 0 radical (unpaired) electrons. The molecule has 4 nitrogen and oxygen atoms in total. The van der Waals surface area contributed by atoms with Crippen LogP contribution in [0.3, 0.4) is 0 Å². The summed E-state index contributed by atoms with van der Waals surface area (Å²) in [5, 5.41) is 8.61. The van der Waals surface area contributed by atoms with E-state index in [-0.39, 0.29) is 5.69 Å². The van der Waals surface area contributed by atoms with E-state index in [1.165, 1.54) is 12.4 Å². The Morgan fingerprint density at radius 2 is 2.42 bits per heavy atom. The molecule has 0 bridgehead atoms. The number of fused-ring (bicyclic) bond motifs is 1. The SMILES string of the molecule is O=C(O)c1cn2cccc2cn1. The van der Waals surface area contributed by atoms with Crippen LogP contribution in [-0.2, 0) is 0 Å². The molecule has 0 unspecified atom stereocenters. The van der Waals surface area contributed by atoms with Gasteiger partial charge in [-0.15, -0.1) is 0 Å². The predicted molar refractivity (Wildman–Crippen MR) is 42.2 cm³/mol. The third-order valence-corrected chi connectivity index (χ3v) is 1.63. The van der Waals surface area contributed by atoms with Gasteiger partial charge in [-0.1, -0.05) is 0 Å². The summed E-state index contributed by atoms with van der Waals surface area (Å²) in [4.78, 5) is 14.2. The van der Waals surface area contributed by atoms with Crippen molar-refractivity contribution in [1.29, 1.82) is 0 Å². The Kier molecular flexibility index (Phi) is 1.33. The molecule has 0 amide bonds. The average Bonchev–Trinajstić information content (AvgIpc) is 2.49. The number of rotatable bonds is 1. The first-order chi connectivity index (χ1) is 5.77. The van der Waals surface area contributed by atoms with Gasteiger partial charge in [0.15, 0.2) is 5.69 Å². The van der Waals surface area contributed by atoms with Gasteiger partial charge in [-0.3, -0.25) is 0 Å². The number of aromatic carboxylic acids is 1. The molecule has 60 valence electrons. The predicted octanol–water partition coefficient (Wildman–Crippen LogP) is 1.03. The van der Waals surface area contributed by atoms with Gasteiger partial charge in [0.1, 0.15) is 0 Å². The molecular formula is C8H6N2O2. The number of aromatic nitrogens is 2. The summed E-state index contributed by atoms with van der Waals surface area (Å²) < 4.78 is 1.72. The topological polar surface area (TPSA) is 54.6 Å². The normalized spacial score (nSPS) is 10.3. The van der Waals surface area contributed by atoms with E-state index in [4.69, 9.17) is 5.11 Å². The first-order valence-corrected chi connectivity index (χ1v) is 3.43. The molecule has 0 aliphatic carbocycles.